The molecule has 412 valence electrons. The Hall–Kier alpha value is -1.54. The third-order valence-electron chi connectivity index (χ3n) is 13.5. The number of aliphatic hydroxyl groups excluding tert-OH is 1. The van der Waals surface area contributed by atoms with Crippen LogP contribution in [0.2, 0.25) is 0 Å². The molecule has 0 aromatic rings. The SMILES string of the molecule is CCCCCCC/C=C\C/C=C\C/C=C\CCCCCCCCCCCCCCCCCCCCCCC(=O)NC(COP(=O)([O-])OCC[N+](C)(C)C)C(O)/C=C/CCCCCCCCCCCCC. The van der Waals surface area contributed by atoms with Gasteiger partial charge in [0.05, 0.1) is 39.9 Å². The number of carbonyl (C=O) groups excluding carboxylic acids is 1. The summed E-state index contributed by atoms with van der Waals surface area (Å²) in [6.45, 7) is 4.65. The van der Waals surface area contributed by atoms with Gasteiger partial charge < -0.3 is 28.8 Å². The van der Waals surface area contributed by atoms with Crippen LogP contribution < -0.4 is 10.2 Å². The number of nitrogens with one attached hydrogen (secondary N) is 1. The highest BCUT2D eigenvalue weighted by Gasteiger charge is 2.23. The second-order valence-corrected chi connectivity index (χ2v) is 23.1. The Morgan fingerprint density at radius 1 is 0.500 bits per heavy atom. The molecule has 0 aliphatic heterocycles. The van der Waals surface area contributed by atoms with Crippen LogP contribution in [-0.2, 0) is 18.4 Å². The number of aliphatic hydroxyl groups is 1. The zero-order chi connectivity index (χ0) is 51.3. The summed E-state index contributed by atoms with van der Waals surface area (Å²) in [5, 5.41) is 13.8. The molecule has 0 aliphatic rings. The molecule has 0 saturated carbocycles. The van der Waals surface area contributed by atoms with Gasteiger partial charge in [0.25, 0.3) is 7.82 Å². The normalized spacial score (nSPS) is 14.2. The third-order valence-corrected chi connectivity index (χ3v) is 14.5. The number of hydrogen-bond donors (Lipinski definition) is 2. The molecule has 0 heterocycles. The zero-order valence-corrected chi connectivity index (χ0v) is 47.9. The minimum absolute atomic E-state index is 0.000111. The maximum atomic E-state index is 12.9. The topological polar surface area (TPSA) is 108 Å². The Bertz CT molecular complexity index is 1280. The average molecular weight is 1010 g/mol. The molecule has 0 bridgehead atoms. The van der Waals surface area contributed by atoms with E-state index in [1.165, 1.54) is 212 Å². The van der Waals surface area contributed by atoms with Crippen LogP contribution in [0.3, 0.4) is 0 Å². The molecule has 1 amide bonds. The molecule has 0 radical (unpaired) electrons. The Labute approximate surface area is 435 Å². The fourth-order valence-corrected chi connectivity index (χ4v) is 9.53. The number of unbranched alkanes of at least 4 members (excludes halogenated alkanes) is 36. The summed E-state index contributed by atoms with van der Waals surface area (Å²) < 4.78 is 23.3. The van der Waals surface area contributed by atoms with E-state index in [9.17, 15) is 19.4 Å². The monoisotopic (exact) mass is 1000 g/mol. The summed E-state index contributed by atoms with van der Waals surface area (Å²) in [6, 6.07) is -0.885. The Kier molecular flexibility index (Phi) is 51.2. The number of allylic oxidation sites excluding steroid dienone is 7. The first-order chi connectivity index (χ1) is 34.0. The van der Waals surface area contributed by atoms with Crippen molar-refractivity contribution in [1.29, 1.82) is 0 Å². The van der Waals surface area contributed by atoms with Crippen molar-refractivity contribution in [2.75, 3.05) is 40.9 Å². The zero-order valence-electron chi connectivity index (χ0n) is 47.0. The number of amides is 1. The number of carbonyl (C=O) groups is 1. The van der Waals surface area contributed by atoms with Gasteiger partial charge in [-0.2, -0.15) is 0 Å². The van der Waals surface area contributed by atoms with Gasteiger partial charge in [0.15, 0.2) is 0 Å². The van der Waals surface area contributed by atoms with Crippen molar-refractivity contribution in [3.05, 3.63) is 48.6 Å². The van der Waals surface area contributed by atoms with E-state index in [1.54, 1.807) is 6.08 Å². The highest BCUT2D eigenvalue weighted by molar-refractivity contribution is 7.45. The van der Waals surface area contributed by atoms with Crippen LogP contribution in [0.5, 0.6) is 0 Å². The van der Waals surface area contributed by atoms with Crippen molar-refractivity contribution in [1.82, 2.24) is 5.32 Å². The van der Waals surface area contributed by atoms with Gasteiger partial charge in [-0.05, 0) is 57.8 Å². The molecule has 0 fully saturated rings. The minimum atomic E-state index is -4.59. The molecule has 70 heavy (non-hydrogen) atoms. The van der Waals surface area contributed by atoms with Gasteiger partial charge in [0, 0.05) is 6.42 Å². The van der Waals surface area contributed by atoms with Crippen LogP contribution in [-0.4, -0.2) is 68.5 Å². The van der Waals surface area contributed by atoms with Gasteiger partial charge in [-0.25, -0.2) is 0 Å². The van der Waals surface area contributed by atoms with Crippen LogP contribution in [0, 0.1) is 0 Å². The fraction of sp³-hybridized carbons (Fsp3) is 0.852. The van der Waals surface area contributed by atoms with E-state index in [-0.39, 0.29) is 19.1 Å². The van der Waals surface area contributed by atoms with Crippen molar-refractivity contribution in [3.63, 3.8) is 0 Å². The number of nitrogens with zero attached hydrogens (tertiary/aromatic N) is 1. The lowest BCUT2D eigenvalue weighted by molar-refractivity contribution is -0.870. The number of quaternary nitrogens is 1. The standard InChI is InChI=1S/C61H117N2O6P/c1-6-8-10-12-14-16-18-20-21-22-23-24-25-26-27-28-29-30-31-32-33-34-35-36-37-38-39-40-41-43-45-47-49-51-53-55-61(65)62-59(58-69-70(66,67)68-57-56-63(3,4)5)60(64)54-52-50-48-46-44-42-19-17-15-13-11-9-7-2/h18,20,22-23,25-26,52,54,59-60,64H,6-17,19,21,24,27-51,53,55-58H2,1-5H3,(H-,62,65,66,67)/b20-18-,23-22-,26-25-,54-52+. The first kappa shape index (κ1) is 68.5. The molecule has 0 saturated heterocycles. The number of rotatable bonds is 55. The highest BCUT2D eigenvalue weighted by atomic mass is 31.2. The van der Waals surface area contributed by atoms with Crippen molar-refractivity contribution >= 4 is 13.7 Å². The van der Waals surface area contributed by atoms with Gasteiger partial charge >= 0.3 is 0 Å². The quantitative estimate of drug-likeness (QED) is 0.0272. The predicted molar refractivity (Wildman–Crippen MR) is 302 cm³/mol. The smallest absolute Gasteiger partial charge is 0.268 e. The van der Waals surface area contributed by atoms with Crippen LogP contribution >= 0.6 is 7.82 Å². The number of phosphoric ester groups is 1. The van der Waals surface area contributed by atoms with E-state index in [1.807, 2.05) is 27.2 Å². The largest absolute Gasteiger partial charge is 0.756 e. The van der Waals surface area contributed by atoms with Crippen molar-refractivity contribution in [2.24, 2.45) is 0 Å². The Morgan fingerprint density at radius 3 is 1.20 bits per heavy atom. The molecule has 0 aromatic heterocycles. The second kappa shape index (κ2) is 52.3. The highest BCUT2D eigenvalue weighted by Crippen LogP contribution is 2.38. The van der Waals surface area contributed by atoms with Crippen molar-refractivity contribution in [2.45, 2.75) is 296 Å². The molecule has 3 unspecified atom stereocenters. The first-order valence-corrected chi connectivity index (χ1v) is 31.5. The molecule has 3 atom stereocenters. The molecule has 8 nitrogen and oxygen atoms in total. The van der Waals surface area contributed by atoms with Gasteiger partial charge in [-0.15, -0.1) is 0 Å². The predicted octanol–water partition coefficient (Wildman–Crippen LogP) is 17.7. The maximum absolute atomic E-state index is 12.9. The lowest BCUT2D eigenvalue weighted by Crippen LogP contribution is -2.45. The molecular weight excluding hydrogens is 888 g/mol. The molecule has 0 aliphatic carbocycles. The van der Waals surface area contributed by atoms with Gasteiger partial charge in [0.1, 0.15) is 13.2 Å². The lowest BCUT2D eigenvalue weighted by atomic mass is 10.0. The van der Waals surface area contributed by atoms with Crippen LogP contribution in [0.4, 0.5) is 0 Å². The first-order valence-electron chi connectivity index (χ1n) is 30.0. The number of phosphoric acid groups is 1. The van der Waals surface area contributed by atoms with Crippen molar-refractivity contribution < 1.29 is 32.9 Å². The number of likely N-dealkylation sites (N-methyl/N-ethyl adjacent to an activating group) is 1. The maximum Gasteiger partial charge on any atom is 0.268 e. The fourth-order valence-electron chi connectivity index (χ4n) is 8.81. The van der Waals surface area contributed by atoms with Crippen LogP contribution in [0.15, 0.2) is 48.6 Å². The van der Waals surface area contributed by atoms with E-state index < -0.39 is 20.0 Å². The molecule has 9 heteroatoms. The molecule has 2 N–H and O–H groups in total. The van der Waals surface area contributed by atoms with Crippen LogP contribution in [0.1, 0.15) is 284 Å². The summed E-state index contributed by atoms with van der Waals surface area (Å²) in [4.78, 5) is 25.5. The van der Waals surface area contributed by atoms with Gasteiger partial charge in [-0.1, -0.05) is 268 Å². The van der Waals surface area contributed by atoms with Gasteiger partial charge in [0.2, 0.25) is 5.91 Å². The van der Waals surface area contributed by atoms with E-state index in [0.717, 1.165) is 51.4 Å². The third kappa shape index (κ3) is 54.2. The van der Waals surface area contributed by atoms with E-state index >= 15 is 0 Å². The average Bonchev–Trinajstić information content (AvgIpc) is 3.32. The van der Waals surface area contributed by atoms with E-state index in [0.29, 0.717) is 17.4 Å². The molecule has 0 aromatic carbocycles. The molecular formula is C61H117N2O6P. The van der Waals surface area contributed by atoms with E-state index in [4.69, 9.17) is 9.05 Å². The number of hydrogen-bond acceptors (Lipinski definition) is 6. The lowest BCUT2D eigenvalue weighted by Gasteiger charge is -2.29. The molecule has 0 rings (SSSR count). The summed E-state index contributed by atoms with van der Waals surface area (Å²) in [5.41, 5.74) is 0. The molecule has 0 spiro atoms. The van der Waals surface area contributed by atoms with Crippen molar-refractivity contribution in [3.8, 4) is 0 Å². The summed E-state index contributed by atoms with van der Waals surface area (Å²) in [5.74, 6) is -0.195. The second-order valence-electron chi connectivity index (χ2n) is 21.7. The van der Waals surface area contributed by atoms with Gasteiger partial charge in [-0.3, -0.25) is 9.36 Å². The van der Waals surface area contributed by atoms with Crippen LogP contribution in [0.25, 0.3) is 0 Å². The summed E-state index contributed by atoms with van der Waals surface area (Å²) in [6.07, 6.45) is 69.2. The minimum Gasteiger partial charge on any atom is -0.756 e. The summed E-state index contributed by atoms with van der Waals surface area (Å²) in [7, 11) is 1.27. The summed E-state index contributed by atoms with van der Waals surface area (Å²) >= 11 is 0. The Morgan fingerprint density at radius 2 is 0.829 bits per heavy atom. The van der Waals surface area contributed by atoms with E-state index in [2.05, 4.69) is 55.6 Å². The Balaban J connectivity index is 3.97.